The van der Waals surface area contributed by atoms with Crippen molar-refractivity contribution < 1.29 is 0 Å². The Morgan fingerprint density at radius 3 is 2.33 bits per heavy atom. The molecule has 0 heterocycles. The fourth-order valence-corrected chi connectivity index (χ4v) is 2.58. The molecule has 0 spiro atoms. The highest BCUT2D eigenvalue weighted by atomic mass is 15.1. The maximum Gasteiger partial charge on any atom is 0.00934 e. The first-order chi connectivity index (χ1) is 7.17. The Hall–Kier alpha value is -0.0800. The fourth-order valence-electron chi connectivity index (χ4n) is 2.58. The van der Waals surface area contributed by atoms with Gasteiger partial charge in [0.1, 0.15) is 0 Å². The number of nitrogens with zero attached hydrogens (tertiary/aromatic N) is 1. The van der Waals surface area contributed by atoms with Crippen LogP contribution in [-0.2, 0) is 0 Å². The lowest BCUT2D eigenvalue weighted by molar-refractivity contribution is 0.157. The molecule has 15 heavy (non-hydrogen) atoms. The third-order valence-electron chi connectivity index (χ3n) is 4.02. The van der Waals surface area contributed by atoms with Crippen molar-refractivity contribution >= 4 is 0 Å². The Labute approximate surface area is 95.4 Å². The summed E-state index contributed by atoms with van der Waals surface area (Å²) in [5, 5.41) is 3.40. The highest BCUT2D eigenvalue weighted by Gasteiger charge is 2.23. The van der Waals surface area contributed by atoms with Crippen LogP contribution in [-0.4, -0.2) is 37.6 Å². The average Bonchev–Trinajstić information content (AvgIpc) is 2.29. The summed E-state index contributed by atoms with van der Waals surface area (Å²) in [6.45, 7) is 5.91. The molecule has 90 valence electrons. The minimum absolute atomic E-state index is 0.776. The van der Waals surface area contributed by atoms with Crippen LogP contribution in [0, 0.1) is 5.92 Å². The van der Waals surface area contributed by atoms with Crippen LogP contribution in [0.5, 0.6) is 0 Å². The summed E-state index contributed by atoms with van der Waals surface area (Å²) < 4.78 is 0. The van der Waals surface area contributed by atoms with E-state index < -0.39 is 0 Å². The maximum atomic E-state index is 3.40. The lowest BCUT2D eigenvalue weighted by Gasteiger charge is -2.35. The highest BCUT2D eigenvalue weighted by Crippen LogP contribution is 2.23. The summed E-state index contributed by atoms with van der Waals surface area (Å²) in [4.78, 5) is 2.58. The normalized spacial score (nSPS) is 29.4. The quantitative estimate of drug-likeness (QED) is 0.753. The van der Waals surface area contributed by atoms with Crippen LogP contribution in [0.3, 0.4) is 0 Å². The third kappa shape index (κ3) is 4.12. The molecule has 0 bridgehead atoms. The van der Waals surface area contributed by atoms with E-state index in [1.165, 1.54) is 38.6 Å². The van der Waals surface area contributed by atoms with Gasteiger partial charge in [0.05, 0.1) is 0 Å². The SMILES string of the molecule is CCC(C)CN(C)C1CCC(NC)CC1. The predicted molar refractivity (Wildman–Crippen MR) is 67.2 cm³/mol. The van der Waals surface area contributed by atoms with Gasteiger partial charge in [-0.25, -0.2) is 0 Å². The van der Waals surface area contributed by atoms with E-state index in [1.54, 1.807) is 0 Å². The Bertz CT molecular complexity index is 162. The molecule has 1 rings (SSSR count). The molecule has 2 nitrogen and oxygen atoms in total. The zero-order valence-electron chi connectivity index (χ0n) is 10.9. The van der Waals surface area contributed by atoms with E-state index >= 15 is 0 Å². The summed E-state index contributed by atoms with van der Waals surface area (Å²) in [6.07, 6.45) is 6.76. The van der Waals surface area contributed by atoms with E-state index in [-0.39, 0.29) is 0 Å². The van der Waals surface area contributed by atoms with Crippen molar-refractivity contribution in [2.75, 3.05) is 20.6 Å². The topological polar surface area (TPSA) is 15.3 Å². The maximum absolute atomic E-state index is 3.40. The van der Waals surface area contributed by atoms with Crippen LogP contribution >= 0.6 is 0 Å². The molecule has 0 aromatic carbocycles. The second-order valence-electron chi connectivity index (χ2n) is 5.25. The van der Waals surface area contributed by atoms with Crippen LogP contribution in [0.15, 0.2) is 0 Å². The average molecular weight is 212 g/mol. The van der Waals surface area contributed by atoms with E-state index in [4.69, 9.17) is 0 Å². The van der Waals surface area contributed by atoms with Gasteiger partial charge in [0, 0.05) is 18.6 Å². The van der Waals surface area contributed by atoms with Gasteiger partial charge < -0.3 is 10.2 Å². The van der Waals surface area contributed by atoms with Crippen molar-refractivity contribution in [3.63, 3.8) is 0 Å². The van der Waals surface area contributed by atoms with Crippen LogP contribution in [0.4, 0.5) is 0 Å². The van der Waals surface area contributed by atoms with Gasteiger partial charge in [-0.2, -0.15) is 0 Å². The Morgan fingerprint density at radius 2 is 1.87 bits per heavy atom. The molecule has 0 amide bonds. The first-order valence-electron chi connectivity index (χ1n) is 6.54. The molecule has 1 aliphatic carbocycles. The molecular formula is C13H28N2. The Kier molecular flexibility index (Phi) is 5.62. The van der Waals surface area contributed by atoms with Gasteiger partial charge in [-0.15, -0.1) is 0 Å². The summed E-state index contributed by atoms with van der Waals surface area (Å²) in [6, 6.07) is 1.61. The Balaban J connectivity index is 2.26. The second kappa shape index (κ2) is 6.49. The Morgan fingerprint density at radius 1 is 1.27 bits per heavy atom. The van der Waals surface area contributed by atoms with E-state index in [1.807, 2.05) is 0 Å². The molecule has 0 saturated heterocycles. The van der Waals surface area contributed by atoms with E-state index in [9.17, 15) is 0 Å². The lowest BCUT2D eigenvalue weighted by Crippen LogP contribution is -2.41. The molecular weight excluding hydrogens is 184 g/mol. The van der Waals surface area contributed by atoms with Gasteiger partial charge in [0.2, 0.25) is 0 Å². The van der Waals surface area contributed by atoms with Crippen molar-refractivity contribution in [2.24, 2.45) is 5.92 Å². The van der Waals surface area contributed by atoms with Crippen molar-refractivity contribution in [1.82, 2.24) is 10.2 Å². The van der Waals surface area contributed by atoms with Crippen LogP contribution in [0.2, 0.25) is 0 Å². The summed E-state index contributed by atoms with van der Waals surface area (Å²) in [5.41, 5.74) is 0. The van der Waals surface area contributed by atoms with E-state index in [0.717, 1.165) is 18.0 Å². The van der Waals surface area contributed by atoms with Crippen LogP contribution in [0.1, 0.15) is 46.0 Å². The molecule has 1 unspecified atom stereocenters. The molecule has 0 aromatic rings. The van der Waals surface area contributed by atoms with Crippen molar-refractivity contribution in [3.05, 3.63) is 0 Å². The van der Waals surface area contributed by atoms with Crippen molar-refractivity contribution in [3.8, 4) is 0 Å². The smallest absolute Gasteiger partial charge is 0.00934 e. The van der Waals surface area contributed by atoms with E-state index in [2.05, 4.69) is 38.2 Å². The molecule has 1 aliphatic rings. The molecule has 0 aromatic heterocycles. The van der Waals surface area contributed by atoms with Crippen molar-refractivity contribution in [2.45, 2.75) is 58.0 Å². The van der Waals surface area contributed by atoms with Gasteiger partial charge in [0.25, 0.3) is 0 Å². The standard InChI is InChI=1S/C13H28N2/c1-5-11(2)10-15(4)13-8-6-12(14-3)7-9-13/h11-14H,5-10H2,1-4H3. The minimum atomic E-state index is 0.776. The number of hydrogen-bond acceptors (Lipinski definition) is 2. The third-order valence-corrected chi connectivity index (χ3v) is 4.02. The lowest BCUT2D eigenvalue weighted by atomic mass is 9.90. The van der Waals surface area contributed by atoms with Crippen LogP contribution < -0.4 is 5.32 Å². The van der Waals surface area contributed by atoms with Gasteiger partial charge in [-0.3, -0.25) is 0 Å². The van der Waals surface area contributed by atoms with Gasteiger partial charge in [-0.05, 0) is 45.7 Å². The first-order valence-corrected chi connectivity index (χ1v) is 6.54. The van der Waals surface area contributed by atoms with E-state index in [0.29, 0.717) is 0 Å². The second-order valence-corrected chi connectivity index (χ2v) is 5.25. The molecule has 1 N–H and O–H groups in total. The van der Waals surface area contributed by atoms with Gasteiger partial charge in [0.15, 0.2) is 0 Å². The molecule has 0 radical (unpaired) electrons. The summed E-state index contributed by atoms with van der Waals surface area (Å²) >= 11 is 0. The summed E-state index contributed by atoms with van der Waals surface area (Å²) in [5.74, 6) is 0.844. The number of rotatable bonds is 5. The van der Waals surface area contributed by atoms with Gasteiger partial charge >= 0.3 is 0 Å². The largest absolute Gasteiger partial charge is 0.317 e. The predicted octanol–water partition coefficient (Wildman–Crippen LogP) is 2.49. The minimum Gasteiger partial charge on any atom is -0.317 e. The number of hydrogen-bond donors (Lipinski definition) is 1. The zero-order chi connectivity index (χ0) is 11.3. The molecule has 1 fully saturated rings. The van der Waals surface area contributed by atoms with Crippen molar-refractivity contribution in [1.29, 1.82) is 0 Å². The first kappa shape index (κ1) is 13.0. The highest BCUT2D eigenvalue weighted by molar-refractivity contribution is 4.81. The van der Waals surface area contributed by atoms with Crippen LogP contribution in [0.25, 0.3) is 0 Å². The molecule has 0 aliphatic heterocycles. The van der Waals surface area contributed by atoms with Gasteiger partial charge in [-0.1, -0.05) is 20.3 Å². The number of nitrogens with one attached hydrogen (secondary N) is 1. The molecule has 1 saturated carbocycles. The molecule has 1 atom stereocenters. The summed E-state index contributed by atoms with van der Waals surface area (Å²) in [7, 11) is 4.39. The fraction of sp³-hybridized carbons (Fsp3) is 1.00. The monoisotopic (exact) mass is 212 g/mol. The molecule has 2 heteroatoms. The zero-order valence-corrected chi connectivity index (χ0v) is 10.9.